The number of hydrogen-bond donors (Lipinski definition) is 1. The molecule has 0 spiro atoms. The van der Waals surface area contributed by atoms with Gasteiger partial charge >= 0.3 is 12.6 Å². The molecule has 2 amide bonds. The molecule has 0 saturated heterocycles. The number of pyridine rings is 2. The van der Waals surface area contributed by atoms with Crippen LogP contribution in [-0.2, 0) is 13.1 Å². The van der Waals surface area contributed by atoms with Crippen LogP contribution in [0.4, 0.5) is 19.3 Å². The highest BCUT2D eigenvalue weighted by molar-refractivity contribution is 5.92. The van der Waals surface area contributed by atoms with Crippen molar-refractivity contribution in [2.75, 3.05) is 5.32 Å². The number of aromatic nitrogens is 2. The second-order valence-corrected chi connectivity index (χ2v) is 6.33. The fourth-order valence-electron chi connectivity index (χ4n) is 2.80. The highest BCUT2D eigenvalue weighted by atomic mass is 19.3. The van der Waals surface area contributed by atoms with Crippen LogP contribution >= 0.6 is 0 Å². The van der Waals surface area contributed by atoms with Crippen LogP contribution in [0, 0.1) is 6.92 Å². The summed E-state index contributed by atoms with van der Waals surface area (Å²) in [5, 5.41) is 2.72. The molecule has 0 aliphatic heterocycles. The van der Waals surface area contributed by atoms with Gasteiger partial charge in [-0.15, -0.1) is 0 Å². The summed E-state index contributed by atoms with van der Waals surface area (Å²) in [5.41, 5.74) is 2.55. The van der Waals surface area contributed by atoms with Crippen LogP contribution < -0.4 is 10.1 Å². The monoisotopic (exact) mass is 398 g/mol. The number of hydrogen-bond acceptors (Lipinski definition) is 4. The van der Waals surface area contributed by atoms with Gasteiger partial charge in [-0.25, -0.2) is 4.79 Å². The molecule has 1 aromatic carbocycles. The van der Waals surface area contributed by atoms with Crippen LogP contribution in [0.1, 0.15) is 16.7 Å². The maximum Gasteiger partial charge on any atom is 0.387 e. The number of halogens is 2. The number of ether oxygens (including phenoxy) is 1. The van der Waals surface area contributed by atoms with Crippen LogP contribution in [0.15, 0.2) is 67.3 Å². The largest absolute Gasteiger partial charge is 0.433 e. The van der Waals surface area contributed by atoms with Gasteiger partial charge in [-0.1, -0.05) is 18.2 Å². The fourth-order valence-corrected chi connectivity index (χ4v) is 2.80. The first-order valence-electron chi connectivity index (χ1n) is 8.91. The van der Waals surface area contributed by atoms with E-state index in [2.05, 4.69) is 20.0 Å². The normalized spacial score (nSPS) is 10.6. The van der Waals surface area contributed by atoms with Gasteiger partial charge in [-0.2, -0.15) is 8.78 Å². The summed E-state index contributed by atoms with van der Waals surface area (Å²) in [4.78, 5) is 22.7. The minimum atomic E-state index is -2.99. The molecular formula is C21H20F2N4O2. The van der Waals surface area contributed by atoms with Crippen molar-refractivity contribution in [3.05, 3.63) is 83.9 Å². The predicted molar refractivity (Wildman–Crippen MR) is 105 cm³/mol. The lowest BCUT2D eigenvalue weighted by Crippen LogP contribution is -2.34. The van der Waals surface area contributed by atoms with Gasteiger partial charge in [-0.3, -0.25) is 9.97 Å². The van der Waals surface area contributed by atoms with Crippen LogP contribution in [-0.4, -0.2) is 27.5 Å². The molecule has 8 heteroatoms. The van der Waals surface area contributed by atoms with Gasteiger partial charge in [0.1, 0.15) is 5.75 Å². The van der Waals surface area contributed by atoms with Crippen molar-refractivity contribution in [2.45, 2.75) is 26.6 Å². The number of nitrogens with one attached hydrogen (secondary N) is 1. The Hall–Kier alpha value is -3.55. The van der Waals surface area contributed by atoms with Gasteiger partial charge in [-0.05, 0) is 47.9 Å². The molecule has 0 saturated carbocycles. The Morgan fingerprint density at radius 2 is 1.79 bits per heavy atom. The number of carbonyl (C=O) groups is 1. The van der Waals surface area contributed by atoms with Crippen molar-refractivity contribution in [3.63, 3.8) is 0 Å². The van der Waals surface area contributed by atoms with E-state index in [0.717, 1.165) is 11.1 Å². The lowest BCUT2D eigenvalue weighted by atomic mass is 10.2. The Balaban J connectivity index is 1.85. The van der Waals surface area contributed by atoms with Crippen LogP contribution in [0.5, 0.6) is 5.75 Å². The number of anilines is 1. The summed E-state index contributed by atoms with van der Waals surface area (Å²) in [6.07, 6.45) is 6.61. The van der Waals surface area contributed by atoms with Crippen molar-refractivity contribution in [1.82, 2.24) is 14.9 Å². The standard InChI is InChI=1S/C21H20F2N4O2/c1-15-4-2-6-18(29-20(22)23)19(15)26-21(28)27(13-16-7-10-24-11-8-16)14-17-5-3-9-25-12-17/h2-12,20H,13-14H2,1H3,(H,26,28). The summed E-state index contributed by atoms with van der Waals surface area (Å²) >= 11 is 0. The lowest BCUT2D eigenvalue weighted by Gasteiger charge is -2.24. The number of amides is 2. The van der Waals surface area contributed by atoms with Crippen LogP contribution in [0.2, 0.25) is 0 Å². The number of para-hydroxylation sites is 1. The lowest BCUT2D eigenvalue weighted by molar-refractivity contribution is -0.0493. The van der Waals surface area contributed by atoms with Crippen molar-refractivity contribution >= 4 is 11.7 Å². The first kappa shape index (κ1) is 20.2. The van der Waals surface area contributed by atoms with Crippen molar-refractivity contribution in [3.8, 4) is 5.75 Å². The van der Waals surface area contributed by atoms with Crippen molar-refractivity contribution in [1.29, 1.82) is 0 Å². The molecule has 29 heavy (non-hydrogen) atoms. The Labute approximate surface area is 167 Å². The van der Waals surface area contributed by atoms with E-state index in [-0.39, 0.29) is 11.4 Å². The third kappa shape index (κ3) is 5.71. The number of carbonyl (C=O) groups excluding carboxylic acids is 1. The smallest absolute Gasteiger partial charge is 0.387 e. The summed E-state index contributed by atoms with van der Waals surface area (Å²) in [6.45, 7) is -0.683. The van der Waals surface area contributed by atoms with Crippen molar-refractivity contribution in [2.24, 2.45) is 0 Å². The maximum absolute atomic E-state index is 13.0. The number of urea groups is 1. The molecule has 0 aliphatic carbocycles. The molecule has 1 N–H and O–H groups in total. The van der Waals surface area contributed by atoms with Gasteiger partial charge in [0.2, 0.25) is 0 Å². The zero-order valence-corrected chi connectivity index (χ0v) is 15.8. The first-order chi connectivity index (χ1) is 14.0. The molecule has 0 atom stereocenters. The molecule has 0 unspecified atom stereocenters. The van der Waals surface area contributed by atoms with E-state index in [4.69, 9.17) is 0 Å². The quantitative estimate of drug-likeness (QED) is 0.631. The minimum Gasteiger partial charge on any atom is -0.433 e. The van der Waals surface area contributed by atoms with E-state index in [1.165, 1.54) is 6.07 Å². The highest BCUT2D eigenvalue weighted by Gasteiger charge is 2.19. The molecule has 0 radical (unpaired) electrons. The second kappa shape index (κ2) is 9.59. The molecule has 150 valence electrons. The molecule has 0 fully saturated rings. The van der Waals surface area contributed by atoms with E-state index in [0.29, 0.717) is 18.7 Å². The van der Waals surface area contributed by atoms with E-state index < -0.39 is 12.6 Å². The molecule has 3 aromatic rings. The third-order valence-corrected chi connectivity index (χ3v) is 4.19. The number of rotatable bonds is 7. The average Bonchev–Trinajstić information content (AvgIpc) is 2.71. The topological polar surface area (TPSA) is 67.3 Å². The fraction of sp³-hybridized carbons (Fsp3) is 0.190. The zero-order valence-electron chi connectivity index (χ0n) is 15.8. The maximum atomic E-state index is 13.0. The van der Waals surface area contributed by atoms with Gasteiger partial charge in [0.15, 0.2) is 0 Å². The van der Waals surface area contributed by atoms with Crippen LogP contribution in [0.25, 0.3) is 0 Å². The molecule has 0 bridgehead atoms. The van der Waals surface area contributed by atoms with Gasteiger partial charge in [0.25, 0.3) is 0 Å². The molecular weight excluding hydrogens is 378 g/mol. The number of benzene rings is 1. The van der Waals surface area contributed by atoms with Gasteiger partial charge in [0.05, 0.1) is 5.69 Å². The zero-order chi connectivity index (χ0) is 20.6. The molecule has 2 heterocycles. The number of nitrogens with zero attached hydrogens (tertiary/aromatic N) is 3. The van der Waals surface area contributed by atoms with Crippen LogP contribution in [0.3, 0.4) is 0 Å². The Morgan fingerprint density at radius 1 is 1.03 bits per heavy atom. The SMILES string of the molecule is Cc1cccc(OC(F)F)c1NC(=O)N(Cc1ccncc1)Cc1cccnc1. The Kier molecular flexibility index (Phi) is 6.67. The third-order valence-electron chi connectivity index (χ3n) is 4.19. The number of alkyl halides is 2. The van der Waals surface area contributed by atoms with Gasteiger partial charge < -0.3 is 15.0 Å². The predicted octanol–water partition coefficient (Wildman–Crippen LogP) is 4.62. The first-order valence-corrected chi connectivity index (χ1v) is 8.91. The van der Waals surface area contributed by atoms with E-state index >= 15 is 0 Å². The molecule has 2 aromatic heterocycles. The van der Waals surface area contributed by atoms with Crippen molar-refractivity contribution < 1.29 is 18.3 Å². The van der Waals surface area contributed by atoms with E-state index in [9.17, 15) is 13.6 Å². The Morgan fingerprint density at radius 3 is 2.48 bits per heavy atom. The molecule has 6 nitrogen and oxygen atoms in total. The number of aryl methyl sites for hydroxylation is 1. The van der Waals surface area contributed by atoms with Gasteiger partial charge in [0, 0.05) is 37.9 Å². The average molecular weight is 398 g/mol. The Bertz CT molecular complexity index is 898. The molecule has 3 rings (SSSR count). The molecule has 0 aliphatic rings. The minimum absolute atomic E-state index is 0.0846. The second-order valence-electron chi connectivity index (χ2n) is 6.33. The summed E-state index contributed by atoms with van der Waals surface area (Å²) in [5.74, 6) is -0.0846. The summed E-state index contributed by atoms with van der Waals surface area (Å²) in [6, 6.07) is 11.5. The summed E-state index contributed by atoms with van der Waals surface area (Å²) < 4.78 is 30.0. The highest BCUT2D eigenvalue weighted by Crippen LogP contribution is 2.30. The van der Waals surface area contributed by atoms with E-state index in [1.54, 1.807) is 54.8 Å². The van der Waals surface area contributed by atoms with E-state index in [1.807, 2.05) is 18.2 Å². The summed E-state index contributed by atoms with van der Waals surface area (Å²) in [7, 11) is 0.